The van der Waals surface area contributed by atoms with Crippen LogP contribution in [0.3, 0.4) is 0 Å². The van der Waals surface area contributed by atoms with Crippen LogP contribution < -0.4 is 21.5 Å². The van der Waals surface area contributed by atoms with Crippen molar-refractivity contribution in [1.29, 1.82) is 0 Å². The van der Waals surface area contributed by atoms with Gasteiger partial charge in [0.05, 0.1) is 11.2 Å². The number of nitrogens with zero attached hydrogens (tertiary/aromatic N) is 4. The molecule has 2 aromatic heterocycles. The van der Waals surface area contributed by atoms with E-state index >= 15 is 4.39 Å². The van der Waals surface area contributed by atoms with Gasteiger partial charge in [-0.05, 0) is 68.4 Å². The van der Waals surface area contributed by atoms with Crippen molar-refractivity contribution in [2.75, 3.05) is 49.2 Å². The molecule has 1 aliphatic heterocycles. The molecule has 1 aliphatic rings. The Morgan fingerprint density at radius 1 is 1.00 bits per heavy atom. The van der Waals surface area contributed by atoms with Crippen LogP contribution >= 0.6 is 0 Å². The number of halogens is 2. The molecule has 0 spiro atoms. The first-order valence-corrected chi connectivity index (χ1v) is 14.0. The Labute approximate surface area is 247 Å². The highest BCUT2D eigenvalue weighted by atomic mass is 19.1. The number of rotatable bonds is 8. The third-order valence-corrected chi connectivity index (χ3v) is 7.65. The van der Waals surface area contributed by atoms with Crippen molar-refractivity contribution in [2.24, 2.45) is 0 Å². The summed E-state index contributed by atoms with van der Waals surface area (Å²) >= 11 is 0. The van der Waals surface area contributed by atoms with Gasteiger partial charge in [0.1, 0.15) is 17.5 Å². The third kappa shape index (κ3) is 6.55. The number of pyridine rings is 2. The molecule has 5 rings (SSSR count). The molecule has 3 amide bonds. The van der Waals surface area contributed by atoms with Crippen LogP contribution in [0.1, 0.15) is 18.1 Å². The lowest BCUT2D eigenvalue weighted by Gasteiger charge is -2.32. The normalized spacial score (nSPS) is 14.1. The lowest BCUT2D eigenvalue weighted by Crippen LogP contribution is -2.44. The van der Waals surface area contributed by atoms with Gasteiger partial charge in [0.2, 0.25) is 6.41 Å². The van der Waals surface area contributed by atoms with Gasteiger partial charge in [-0.2, -0.15) is 0 Å². The monoisotopic (exact) mass is 589 g/mol. The van der Waals surface area contributed by atoms with Crippen molar-refractivity contribution < 1.29 is 18.4 Å². The molecule has 10 nitrogen and oxygen atoms in total. The first kappa shape index (κ1) is 29.8. The van der Waals surface area contributed by atoms with Crippen molar-refractivity contribution in [1.82, 2.24) is 19.4 Å². The number of likely N-dealkylation sites (N-methyl/N-ethyl adjacent to an activating group) is 1. The van der Waals surface area contributed by atoms with Crippen LogP contribution in [0, 0.1) is 18.6 Å². The van der Waals surface area contributed by atoms with Gasteiger partial charge in [-0.25, -0.2) is 18.6 Å². The number of nitrogens with one attached hydrogen (secondary N) is 3. The molecular weight excluding hydrogens is 556 g/mol. The van der Waals surface area contributed by atoms with Crippen molar-refractivity contribution in [2.45, 2.75) is 26.9 Å². The standard InChI is InChI=1S/C31H33F2N7O3/c1-4-40-28-15-29(35-18-41)34-16-20(28)13-24(30(40)42)23-14-27(26(33)11-19(23)2)37-31(43)36-22-5-6-25(32)21(12-22)17-39-9-7-38(3)8-10-39/h5-6,11-16,18H,4,7-10,17H2,1-3H3,(H,34,35,41)(H2,36,37,43). The SMILES string of the molecule is CCn1c(=O)c(-c2cc(NC(=O)Nc3ccc(F)c(CN4CCN(C)CC4)c3)c(F)cc2C)cc2cnc(NC=O)cc21. The number of aromatic nitrogens is 2. The number of anilines is 3. The molecule has 3 N–H and O–H groups in total. The van der Waals surface area contributed by atoms with Crippen LogP contribution in [-0.2, 0) is 17.9 Å². The van der Waals surface area contributed by atoms with Crippen LogP contribution in [0.5, 0.6) is 0 Å². The maximum Gasteiger partial charge on any atom is 0.323 e. The fourth-order valence-corrected chi connectivity index (χ4v) is 5.28. The smallest absolute Gasteiger partial charge is 0.313 e. The minimum atomic E-state index is -0.713. The molecule has 0 atom stereocenters. The van der Waals surface area contributed by atoms with Gasteiger partial charge in [0.25, 0.3) is 5.56 Å². The van der Waals surface area contributed by atoms with Crippen molar-refractivity contribution in [3.63, 3.8) is 0 Å². The highest BCUT2D eigenvalue weighted by Crippen LogP contribution is 2.30. The second-order valence-electron chi connectivity index (χ2n) is 10.6. The summed E-state index contributed by atoms with van der Waals surface area (Å²) in [7, 11) is 2.05. The zero-order valence-electron chi connectivity index (χ0n) is 24.2. The number of urea groups is 1. The number of benzene rings is 2. The number of carbonyl (C=O) groups excluding carboxylic acids is 2. The van der Waals surface area contributed by atoms with E-state index in [1.54, 1.807) is 35.9 Å². The number of hydrogen-bond donors (Lipinski definition) is 3. The van der Waals surface area contributed by atoms with Crippen LogP contribution in [0.25, 0.3) is 22.0 Å². The van der Waals surface area contributed by atoms with E-state index in [1.807, 2.05) is 14.0 Å². The molecular formula is C31H33F2N7O3. The predicted molar refractivity (Wildman–Crippen MR) is 163 cm³/mol. The fourth-order valence-electron chi connectivity index (χ4n) is 5.28. The fraction of sp³-hybridized carbons (Fsp3) is 0.290. The summed E-state index contributed by atoms with van der Waals surface area (Å²) in [6.45, 7) is 7.69. The Bertz CT molecular complexity index is 1750. The molecule has 224 valence electrons. The molecule has 0 saturated carbocycles. The van der Waals surface area contributed by atoms with Gasteiger partial charge < -0.3 is 25.4 Å². The van der Waals surface area contributed by atoms with Gasteiger partial charge in [-0.15, -0.1) is 0 Å². The Kier molecular flexibility index (Phi) is 8.78. The highest BCUT2D eigenvalue weighted by molar-refractivity contribution is 6.00. The molecule has 12 heteroatoms. The topological polar surface area (TPSA) is 112 Å². The second-order valence-corrected chi connectivity index (χ2v) is 10.6. The molecule has 0 radical (unpaired) electrons. The Morgan fingerprint density at radius 2 is 1.77 bits per heavy atom. The molecule has 1 saturated heterocycles. The van der Waals surface area contributed by atoms with E-state index in [1.165, 1.54) is 24.3 Å². The van der Waals surface area contributed by atoms with E-state index in [-0.39, 0.29) is 17.1 Å². The van der Waals surface area contributed by atoms with Crippen molar-refractivity contribution in [3.05, 3.63) is 81.8 Å². The van der Waals surface area contributed by atoms with Crippen LogP contribution in [-0.4, -0.2) is 65.0 Å². The zero-order chi connectivity index (χ0) is 30.7. The summed E-state index contributed by atoms with van der Waals surface area (Å²) in [5.41, 5.74) is 2.22. The molecule has 1 fully saturated rings. The van der Waals surface area contributed by atoms with Gasteiger partial charge >= 0.3 is 6.03 Å². The van der Waals surface area contributed by atoms with E-state index in [2.05, 4.69) is 30.7 Å². The molecule has 0 aliphatic carbocycles. The number of fused-ring (bicyclic) bond motifs is 1. The van der Waals surface area contributed by atoms with Crippen molar-refractivity contribution in [3.8, 4) is 11.1 Å². The number of carbonyl (C=O) groups is 2. The van der Waals surface area contributed by atoms with E-state index < -0.39 is 11.8 Å². The minimum absolute atomic E-state index is 0.121. The van der Waals surface area contributed by atoms with Crippen LogP contribution in [0.4, 0.5) is 30.8 Å². The molecule has 0 unspecified atom stereocenters. The quantitative estimate of drug-likeness (QED) is 0.259. The first-order chi connectivity index (χ1) is 20.7. The number of amides is 3. The molecule has 3 heterocycles. The van der Waals surface area contributed by atoms with Crippen LogP contribution in [0.15, 0.2) is 53.5 Å². The number of hydrogen-bond acceptors (Lipinski definition) is 6. The highest BCUT2D eigenvalue weighted by Gasteiger charge is 2.19. The summed E-state index contributed by atoms with van der Waals surface area (Å²) in [6, 6.07) is 9.57. The maximum absolute atomic E-state index is 15.0. The van der Waals surface area contributed by atoms with Gasteiger partial charge in [0.15, 0.2) is 0 Å². The summed E-state index contributed by atoms with van der Waals surface area (Å²) < 4.78 is 31.1. The second kappa shape index (κ2) is 12.7. The van der Waals surface area contributed by atoms with Gasteiger partial charge in [-0.1, -0.05) is 0 Å². The summed E-state index contributed by atoms with van der Waals surface area (Å²) in [4.78, 5) is 45.9. The zero-order valence-corrected chi connectivity index (χ0v) is 24.2. The van der Waals surface area contributed by atoms with Gasteiger partial charge in [0, 0.05) is 73.7 Å². The predicted octanol–water partition coefficient (Wildman–Crippen LogP) is 4.63. The Balaban J connectivity index is 1.39. The van der Waals surface area contributed by atoms with E-state index in [0.29, 0.717) is 64.2 Å². The average molecular weight is 590 g/mol. The maximum atomic E-state index is 15.0. The lowest BCUT2D eigenvalue weighted by molar-refractivity contribution is -0.105. The third-order valence-electron chi connectivity index (χ3n) is 7.65. The lowest BCUT2D eigenvalue weighted by atomic mass is 9.99. The number of piperazine rings is 1. The summed E-state index contributed by atoms with van der Waals surface area (Å²) in [6.07, 6.45) is 2.05. The van der Waals surface area contributed by atoms with E-state index in [0.717, 1.165) is 26.2 Å². The average Bonchev–Trinajstić information content (AvgIpc) is 2.97. The summed E-state index contributed by atoms with van der Waals surface area (Å²) in [5.74, 6) is -0.729. The van der Waals surface area contributed by atoms with E-state index in [4.69, 9.17) is 0 Å². The molecule has 0 bridgehead atoms. The Morgan fingerprint density at radius 3 is 2.49 bits per heavy atom. The molecule has 43 heavy (non-hydrogen) atoms. The summed E-state index contributed by atoms with van der Waals surface area (Å²) in [5, 5.41) is 8.31. The van der Waals surface area contributed by atoms with Crippen molar-refractivity contribution >= 4 is 40.5 Å². The molecule has 4 aromatic rings. The minimum Gasteiger partial charge on any atom is -0.313 e. The first-order valence-electron chi connectivity index (χ1n) is 14.0. The Hall–Kier alpha value is -4.68. The number of aryl methyl sites for hydroxylation is 2. The van der Waals surface area contributed by atoms with Crippen LogP contribution in [0.2, 0.25) is 0 Å². The van der Waals surface area contributed by atoms with Gasteiger partial charge in [-0.3, -0.25) is 14.5 Å². The molecule has 2 aromatic carbocycles. The largest absolute Gasteiger partial charge is 0.323 e. The van der Waals surface area contributed by atoms with E-state index in [9.17, 15) is 18.8 Å².